The van der Waals surface area contributed by atoms with Crippen LogP contribution in [0.25, 0.3) is 11.3 Å². The molecule has 0 aliphatic heterocycles. The maximum Gasteiger partial charge on any atom is 0.291 e. The average molecular weight is 436 g/mol. The highest BCUT2D eigenvalue weighted by atomic mass is 19.1. The zero-order valence-corrected chi connectivity index (χ0v) is 17.4. The van der Waals surface area contributed by atoms with Gasteiger partial charge in [0.1, 0.15) is 11.4 Å². The fourth-order valence-corrected chi connectivity index (χ4v) is 2.88. The van der Waals surface area contributed by atoms with E-state index in [0.29, 0.717) is 29.5 Å². The molecule has 1 fully saturated rings. The quantitative estimate of drug-likeness (QED) is 0.328. The molecule has 0 radical (unpaired) electrons. The molecule has 3 heterocycles. The number of rotatable bonds is 8. The summed E-state index contributed by atoms with van der Waals surface area (Å²) in [6.45, 7) is 2.39. The molecule has 164 valence electrons. The molecule has 1 amide bonds. The van der Waals surface area contributed by atoms with Gasteiger partial charge in [-0.25, -0.2) is 20.4 Å². The molecule has 1 N–H and O–H groups in total. The molecular weight excluding hydrogens is 415 g/mol. The molecule has 32 heavy (non-hydrogen) atoms. The van der Waals surface area contributed by atoms with Crippen LogP contribution in [0.3, 0.4) is 0 Å². The van der Waals surface area contributed by atoms with Crippen molar-refractivity contribution in [3.63, 3.8) is 0 Å². The van der Waals surface area contributed by atoms with Crippen molar-refractivity contribution in [3.8, 4) is 22.9 Å². The molecule has 0 atom stereocenters. The Labute approximate surface area is 183 Å². The first-order valence-corrected chi connectivity index (χ1v) is 10.2. The van der Waals surface area contributed by atoms with Crippen molar-refractivity contribution < 1.29 is 18.7 Å². The lowest BCUT2D eigenvalue weighted by atomic mass is 9.96. The summed E-state index contributed by atoms with van der Waals surface area (Å²) in [4.78, 5) is 28.6. The van der Waals surface area contributed by atoms with Crippen molar-refractivity contribution in [1.82, 2.24) is 25.4 Å². The van der Waals surface area contributed by atoms with Crippen molar-refractivity contribution in [2.45, 2.75) is 32.3 Å². The number of halogens is 1. The molecule has 0 saturated heterocycles. The lowest BCUT2D eigenvalue weighted by Gasteiger charge is -2.26. The molecule has 0 spiro atoms. The summed E-state index contributed by atoms with van der Waals surface area (Å²) in [5.41, 5.74) is 3.61. The largest absolute Gasteiger partial charge is 0.489 e. The second kappa shape index (κ2) is 9.90. The Kier molecular flexibility index (Phi) is 6.59. The summed E-state index contributed by atoms with van der Waals surface area (Å²) in [7, 11) is 0. The first kappa shape index (κ1) is 21.3. The van der Waals surface area contributed by atoms with Crippen LogP contribution in [-0.2, 0) is 0 Å². The first-order chi connectivity index (χ1) is 15.6. The number of aromatic nitrogens is 4. The number of hydrogen-bond acceptors (Lipinski definition) is 8. The van der Waals surface area contributed by atoms with E-state index in [1.165, 1.54) is 30.9 Å². The highest BCUT2D eigenvalue weighted by molar-refractivity contribution is 5.93. The van der Waals surface area contributed by atoms with Crippen LogP contribution in [0.2, 0.25) is 0 Å². The van der Waals surface area contributed by atoms with E-state index in [1.54, 1.807) is 18.3 Å². The zero-order valence-electron chi connectivity index (χ0n) is 17.4. The molecule has 1 aliphatic carbocycles. The maximum atomic E-state index is 14.0. The third kappa shape index (κ3) is 5.20. The Morgan fingerprint density at radius 1 is 1.25 bits per heavy atom. The topological polar surface area (TPSA) is 111 Å². The summed E-state index contributed by atoms with van der Waals surface area (Å²) >= 11 is 0. The molecule has 3 aromatic heterocycles. The molecule has 9 nitrogen and oxygen atoms in total. The van der Waals surface area contributed by atoms with Crippen molar-refractivity contribution in [3.05, 3.63) is 60.2 Å². The van der Waals surface area contributed by atoms with Gasteiger partial charge >= 0.3 is 0 Å². The van der Waals surface area contributed by atoms with Crippen LogP contribution in [-0.4, -0.2) is 44.8 Å². The molecule has 1 aliphatic rings. The monoisotopic (exact) mass is 436 g/mol. The standard InChI is InChI=1S/C22H21FN6O3/c1-2-31-20-7-6-14(9-25-20)18-12-24-13-19(28-18)22(30)29-27-10-15-8-17(11-26-21(15)23)32-16-4-3-5-16/h6-13,16H,2-5H2,1H3,(H,29,30)/b27-10+. The van der Waals surface area contributed by atoms with Gasteiger partial charge in [-0.3, -0.25) is 9.78 Å². The minimum atomic E-state index is -0.714. The minimum absolute atomic E-state index is 0.0502. The predicted molar refractivity (Wildman–Crippen MR) is 114 cm³/mol. The Morgan fingerprint density at radius 3 is 2.84 bits per heavy atom. The van der Waals surface area contributed by atoms with Gasteiger partial charge in [0.2, 0.25) is 11.8 Å². The summed E-state index contributed by atoms with van der Waals surface area (Å²) in [5.74, 6) is -0.346. The van der Waals surface area contributed by atoms with Gasteiger partial charge < -0.3 is 9.47 Å². The Morgan fingerprint density at radius 2 is 2.12 bits per heavy atom. The summed E-state index contributed by atoms with van der Waals surface area (Å²) in [6.07, 6.45) is 10.1. The van der Waals surface area contributed by atoms with E-state index in [9.17, 15) is 9.18 Å². The Balaban J connectivity index is 1.41. The second-order valence-electron chi connectivity index (χ2n) is 7.03. The van der Waals surface area contributed by atoms with Crippen LogP contribution in [0.1, 0.15) is 42.2 Å². The van der Waals surface area contributed by atoms with Crippen molar-refractivity contribution >= 4 is 12.1 Å². The Hall–Kier alpha value is -3.95. The third-order valence-corrected chi connectivity index (χ3v) is 4.76. The molecule has 4 rings (SSSR count). The number of pyridine rings is 2. The van der Waals surface area contributed by atoms with Crippen molar-refractivity contribution in [2.24, 2.45) is 5.10 Å². The molecule has 1 saturated carbocycles. The summed E-state index contributed by atoms with van der Waals surface area (Å²) in [6, 6.07) is 4.98. The van der Waals surface area contributed by atoms with Crippen molar-refractivity contribution in [1.29, 1.82) is 0 Å². The number of ether oxygens (including phenoxy) is 2. The number of carbonyl (C=O) groups is 1. The molecule has 0 unspecified atom stereocenters. The van der Waals surface area contributed by atoms with E-state index < -0.39 is 11.9 Å². The number of carbonyl (C=O) groups excluding carboxylic acids is 1. The SMILES string of the molecule is CCOc1ccc(-c2cncc(C(=O)N/N=C/c3cc(OC4CCC4)cnc3F)n2)cn1. The second-order valence-corrected chi connectivity index (χ2v) is 7.03. The van der Waals surface area contributed by atoms with E-state index in [-0.39, 0.29) is 17.4 Å². The highest BCUT2D eigenvalue weighted by Gasteiger charge is 2.19. The van der Waals surface area contributed by atoms with Gasteiger partial charge in [-0.15, -0.1) is 0 Å². The smallest absolute Gasteiger partial charge is 0.291 e. The fourth-order valence-electron chi connectivity index (χ4n) is 2.88. The van der Waals surface area contributed by atoms with Gasteiger partial charge in [-0.2, -0.15) is 9.49 Å². The van der Waals surface area contributed by atoms with Crippen LogP contribution in [0.5, 0.6) is 11.6 Å². The van der Waals surface area contributed by atoms with E-state index in [2.05, 4.69) is 30.5 Å². The Bertz CT molecular complexity index is 1120. The number of nitrogens with one attached hydrogen (secondary N) is 1. The number of nitrogens with zero attached hydrogens (tertiary/aromatic N) is 5. The van der Waals surface area contributed by atoms with E-state index >= 15 is 0 Å². The van der Waals surface area contributed by atoms with E-state index in [1.807, 2.05) is 6.92 Å². The van der Waals surface area contributed by atoms with Gasteiger partial charge in [0.05, 0.1) is 48.8 Å². The average Bonchev–Trinajstić information content (AvgIpc) is 2.79. The lowest BCUT2D eigenvalue weighted by molar-refractivity contribution is 0.0950. The van der Waals surface area contributed by atoms with Gasteiger partial charge in [0, 0.05) is 17.8 Å². The van der Waals surface area contributed by atoms with Crippen molar-refractivity contribution in [2.75, 3.05) is 6.61 Å². The number of amides is 1. The highest BCUT2D eigenvalue weighted by Crippen LogP contribution is 2.25. The summed E-state index contributed by atoms with van der Waals surface area (Å²) in [5, 5.41) is 3.81. The van der Waals surface area contributed by atoms with Gasteiger partial charge in [0.25, 0.3) is 5.91 Å². The minimum Gasteiger partial charge on any atom is -0.489 e. The van der Waals surface area contributed by atoms with Gasteiger partial charge in [-0.1, -0.05) is 0 Å². The molecule has 0 bridgehead atoms. The third-order valence-electron chi connectivity index (χ3n) is 4.76. The molecule has 10 heteroatoms. The maximum absolute atomic E-state index is 14.0. The molecule has 0 aromatic carbocycles. The van der Waals surface area contributed by atoms with E-state index in [0.717, 1.165) is 19.3 Å². The molecular formula is C22H21FN6O3. The van der Waals surface area contributed by atoms with Gasteiger partial charge in [-0.05, 0) is 38.3 Å². The van der Waals surface area contributed by atoms with Crippen LogP contribution < -0.4 is 14.9 Å². The predicted octanol–water partition coefficient (Wildman–Crippen LogP) is 3.17. The first-order valence-electron chi connectivity index (χ1n) is 10.2. The van der Waals surface area contributed by atoms with Crippen LogP contribution in [0.15, 0.2) is 48.1 Å². The summed E-state index contributed by atoms with van der Waals surface area (Å²) < 4.78 is 25.0. The fraction of sp³-hybridized carbons (Fsp3) is 0.273. The normalized spacial score (nSPS) is 13.6. The van der Waals surface area contributed by atoms with Crippen LogP contribution in [0.4, 0.5) is 4.39 Å². The van der Waals surface area contributed by atoms with Gasteiger partial charge in [0.15, 0.2) is 0 Å². The van der Waals surface area contributed by atoms with Crippen LogP contribution >= 0.6 is 0 Å². The number of hydrogen-bond donors (Lipinski definition) is 1. The zero-order chi connectivity index (χ0) is 22.3. The lowest BCUT2D eigenvalue weighted by Crippen LogP contribution is -2.24. The molecule has 3 aromatic rings. The number of hydrazone groups is 1. The van der Waals surface area contributed by atoms with E-state index in [4.69, 9.17) is 9.47 Å². The van der Waals surface area contributed by atoms with Crippen LogP contribution in [0, 0.1) is 5.95 Å².